The van der Waals surface area contributed by atoms with E-state index in [2.05, 4.69) is 33.0 Å². The summed E-state index contributed by atoms with van der Waals surface area (Å²) in [5, 5.41) is 40.2. The number of hydrogen-bond acceptors (Lipinski definition) is 16. The number of rotatable bonds is 9. The Balaban J connectivity index is 1.16. The molecule has 3 fully saturated rings. The number of hydrogen-bond donors (Lipinski definition) is 7. The summed E-state index contributed by atoms with van der Waals surface area (Å²) in [5.74, 6) is -1.88. The molecule has 21 heteroatoms. The molecule has 8 N–H and O–H groups in total. The first-order valence-corrected chi connectivity index (χ1v) is 13.1. The van der Waals surface area contributed by atoms with Crippen LogP contribution in [0.4, 0.5) is 5.82 Å². The van der Waals surface area contributed by atoms with E-state index in [4.69, 9.17) is 15.2 Å². The van der Waals surface area contributed by atoms with Crippen LogP contribution in [0.25, 0.3) is 11.2 Å². The molecule has 36 heavy (non-hydrogen) atoms. The maximum Gasteiger partial charge on any atom is 0.481 e. The highest BCUT2D eigenvalue weighted by atomic mass is 31.3. The molecule has 0 bridgehead atoms. The van der Waals surface area contributed by atoms with Gasteiger partial charge in [0.25, 0.3) is 0 Å². The topological polar surface area (TPSA) is 284 Å². The third-order valence-electron chi connectivity index (χ3n) is 5.66. The molecular formula is C15H21N5O14P2. The number of fused-ring (bicyclic) bond motifs is 2. The van der Waals surface area contributed by atoms with Crippen LogP contribution in [-0.2, 0) is 36.7 Å². The molecule has 2 aromatic heterocycles. The lowest BCUT2D eigenvalue weighted by atomic mass is 10.1. The quantitative estimate of drug-likeness (QED) is 0.120. The van der Waals surface area contributed by atoms with Gasteiger partial charge in [0.2, 0.25) is 12.1 Å². The third kappa shape index (κ3) is 4.68. The Morgan fingerprint density at radius 2 is 1.69 bits per heavy atom. The van der Waals surface area contributed by atoms with E-state index >= 15 is 0 Å². The molecule has 200 valence electrons. The molecule has 5 heterocycles. The van der Waals surface area contributed by atoms with Gasteiger partial charge in [0.05, 0.1) is 19.5 Å². The number of epoxide rings is 1. The first kappa shape index (κ1) is 26.0. The maximum absolute atomic E-state index is 12.2. The fourth-order valence-electron chi connectivity index (χ4n) is 3.77. The second-order valence-electron chi connectivity index (χ2n) is 8.06. The van der Waals surface area contributed by atoms with Gasteiger partial charge in [-0.1, -0.05) is 0 Å². The average Bonchev–Trinajstić information content (AvgIpc) is 3.04. The summed E-state index contributed by atoms with van der Waals surface area (Å²) in [6.07, 6.45) is -7.44. The second kappa shape index (κ2) is 8.97. The van der Waals surface area contributed by atoms with Crippen LogP contribution in [-0.4, -0.2) is 106 Å². The third-order valence-corrected chi connectivity index (χ3v) is 8.26. The van der Waals surface area contributed by atoms with Crippen molar-refractivity contribution < 1.29 is 66.9 Å². The minimum Gasteiger partial charge on any atom is -0.387 e. The zero-order valence-corrected chi connectivity index (χ0v) is 19.6. The fraction of sp³-hybridized carbons (Fsp3) is 0.667. The van der Waals surface area contributed by atoms with E-state index in [0.717, 1.165) is 6.33 Å². The van der Waals surface area contributed by atoms with Crippen molar-refractivity contribution in [3.63, 3.8) is 0 Å². The predicted octanol–water partition coefficient (Wildman–Crippen LogP) is -2.92. The molecule has 0 aromatic carbocycles. The summed E-state index contributed by atoms with van der Waals surface area (Å²) >= 11 is 0. The number of anilines is 1. The highest BCUT2D eigenvalue weighted by Gasteiger charge is 2.71. The maximum atomic E-state index is 12.2. The van der Waals surface area contributed by atoms with Gasteiger partial charge in [-0.2, -0.15) is 4.31 Å². The molecule has 0 saturated carbocycles. The van der Waals surface area contributed by atoms with E-state index < -0.39 is 77.7 Å². The Morgan fingerprint density at radius 3 is 2.33 bits per heavy atom. The van der Waals surface area contributed by atoms with Gasteiger partial charge in [-0.05, 0) is 0 Å². The molecule has 3 saturated heterocycles. The van der Waals surface area contributed by atoms with Gasteiger partial charge < -0.3 is 50.2 Å². The lowest BCUT2D eigenvalue weighted by Crippen LogP contribution is -2.38. The van der Waals surface area contributed by atoms with Gasteiger partial charge in [-0.3, -0.25) is 13.6 Å². The van der Waals surface area contributed by atoms with Gasteiger partial charge >= 0.3 is 15.6 Å². The highest BCUT2D eigenvalue weighted by molar-refractivity contribution is 7.61. The Bertz CT molecular complexity index is 1250. The standard InChI is InChI=1S/C15H21N5O14P2/c16-11-7-12(18-3-17-11)20(4-19-7)13-9(22)8(21)5(31-13)1-29-35(25,26)34-36(27,28)30-2-6-10(23)15(24)14(32-6)33-15/h3-6,8-10,13-14,21-24H,1-2H2,(H,25,26)(H,27,28)(H2,16,17,18)/t5-,6-,8-,9-,10-,13-,14+,15+/m1/s1. The van der Waals surface area contributed by atoms with Crippen LogP contribution in [0.2, 0.25) is 0 Å². The zero-order chi connectivity index (χ0) is 26.0. The van der Waals surface area contributed by atoms with Gasteiger partial charge in [0.15, 0.2) is 17.7 Å². The average molecular weight is 557 g/mol. The summed E-state index contributed by atoms with van der Waals surface area (Å²) < 4.78 is 54.0. The Kier molecular flexibility index (Phi) is 6.47. The van der Waals surface area contributed by atoms with Gasteiger partial charge in [0.1, 0.15) is 42.4 Å². The number of aromatic nitrogens is 4. The zero-order valence-electron chi connectivity index (χ0n) is 17.8. The first-order chi connectivity index (χ1) is 16.8. The van der Waals surface area contributed by atoms with Gasteiger partial charge in [0, 0.05) is 0 Å². The van der Waals surface area contributed by atoms with Crippen molar-refractivity contribution in [3.05, 3.63) is 12.7 Å². The molecule has 10 atom stereocenters. The van der Waals surface area contributed by atoms with Crippen molar-refractivity contribution in [2.24, 2.45) is 0 Å². The van der Waals surface area contributed by atoms with Gasteiger partial charge in [-0.25, -0.2) is 24.1 Å². The summed E-state index contributed by atoms with van der Waals surface area (Å²) in [7, 11) is -10.5. The Morgan fingerprint density at radius 1 is 1.03 bits per heavy atom. The second-order valence-corrected chi connectivity index (χ2v) is 11.1. The molecule has 3 aliphatic rings. The van der Waals surface area contributed by atoms with E-state index in [1.165, 1.54) is 10.9 Å². The molecule has 3 aliphatic heterocycles. The van der Waals surface area contributed by atoms with Crippen molar-refractivity contribution in [2.45, 2.75) is 48.8 Å². The number of imidazole rings is 1. The van der Waals surface area contributed by atoms with Crippen LogP contribution in [0.1, 0.15) is 6.23 Å². The van der Waals surface area contributed by atoms with Crippen molar-refractivity contribution in [1.29, 1.82) is 0 Å². The van der Waals surface area contributed by atoms with E-state index in [0.29, 0.717) is 0 Å². The summed E-state index contributed by atoms with van der Waals surface area (Å²) in [6, 6.07) is 0. The number of nitrogens with zero attached hydrogens (tertiary/aromatic N) is 4. The largest absolute Gasteiger partial charge is 0.481 e. The van der Waals surface area contributed by atoms with Gasteiger partial charge in [-0.15, -0.1) is 0 Å². The molecule has 0 amide bonds. The monoisotopic (exact) mass is 557 g/mol. The number of ether oxygens (including phenoxy) is 3. The number of aliphatic hydroxyl groups excluding tert-OH is 3. The molecule has 19 nitrogen and oxygen atoms in total. The van der Waals surface area contributed by atoms with Crippen LogP contribution in [0.15, 0.2) is 12.7 Å². The van der Waals surface area contributed by atoms with Crippen molar-refractivity contribution in [2.75, 3.05) is 18.9 Å². The molecule has 2 aromatic rings. The fourth-order valence-corrected chi connectivity index (χ4v) is 5.86. The minimum atomic E-state index is -5.28. The first-order valence-electron chi connectivity index (χ1n) is 10.2. The van der Waals surface area contributed by atoms with Crippen LogP contribution < -0.4 is 5.73 Å². The normalized spacial score (nSPS) is 39.1. The van der Waals surface area contributed by atoms with Crippen molar-refractivity contribution in [1.82, 2.24) is 19.5 Å². The summed E-state index contributed by atoms with van der Waals surface area (Å²) in [6.45, 7) is -1.66. The number of nitrogens with two attached hydrogens (primary N) is 1. The molecule has 0 radical (unpaired) electrons. The Labute approximate surface area is 200 Å². The molecule has 0 spiro atoms. The Hall–Kier alpha value is -1.67. The van der Waals surface area contributed by atoms with E-state index in [1.54, 1.807) is 0 Å². The van der Waals surface area contributed by atoms with Crippen LogP contribution in [0.5, 0.6) is 0 Å². The summed E-state index contributed by atoms with van der Waals surface area (Å²) in [5.41, 5.74) is 6.11. The summed E-state index contributed by atoms with van der Waals surface area (Å²) in [4.78, 5) is 31.4. The highest BCUT2D eigenvalue weighted by Crippen LogP contribution is 2.61. The lowest BCUT2D eigenvalue weighted by molar-refractivity contribution is -0.135. The number of nitrogen functional groups attached to an aromatic ring is 1. The lowest BCUT2D eigenvalue weighted by Gasteiger charge is -2.21. The predicted molar refractivity (Wildman–Crippen MR) is 109 cm³/mol. The van der Waals surface area contributed by atoms with E-state index in [1.807, 2.05) is 0 Å². The van der Waals surface area contributed by atoms with Crippen LogP contribution in [0, 0.1) is 0 Å². The molecule has 0 aliphatic carbocycles. The number of phosphoric acid groups is 2. The van der Waals surface area contributed by atoms with Crippen LogP contribution in [0.3, 0.4) is 0 Å². The number of aliphatic hydroxyl groups is 4. The molecule has 5 rings (SSSR count). The molecular weight excluding hydrogens is 536 g/mol. The van der Waals surface area contributed by atoms with Crippen LogP contribution >= 0.6 is 15.6 Å². The molecule has 2 unspecified atom stereocenters. The number of phosphoric ester groups is 2. The van der Waals surface area contributed by atoms with Crippen molar-refractivity contribution >= 4 is 32.6 Å². The minimum absolute atomic E-state index is 0.0655. The van der Waals surface area contributed by atoms with E-state index in [9.17, 15) is 39.3 Å². The SMILES string of the molecule is Nc1ncnc2c1ncn2[C@@H]1O[C@H](COP(=O)(O)OP(=O)(O)OC[C@H]2O[C@H]3O[C@@]3(O)[C@@H]2O)[C@@H](O)[C@H]1O. The van der Waals surface area contributed by atoms with E-state index in [-0.39, 0.29) is 17.0 Å². The van der Waals surface area contributed by atoms with Crippen molar-refractivity contribution in [3.8, 4) is 0 Å². The smallest absolute Gasteiger partial charge is 0.387 e.